The van der Waals surface area contributed by atoms with E-state index < -0.39 is 0 Å². The van der Waals surface area contributed by atoms with Crippen LogP contribution in [0.25, 0.3) is 0 Å². The van der Waals surface area contributed by atoms with Crippen molar-refractivity contribution < 1.29 is 4.79 Å². The van der Waals surface area contributed by atoms with E-state index in [0.717, 1.165) is 25.1 Å². The molecule has 2 rings (SSSR count). The lowest BCUT2D eigenvalue weighted by Crippen LogP contribution is -2.47. The fourth-order valence-electron chi connectivity index (χ4n) is 2.58. The van der Waals surface area contributed by atoms with Gasteiger partial charge in [-0.1, -0.05) is 37.3 Å². The summed E-state index contributed by atoms with van der Waals surface area (Å²) in [5.41, 5.74) is 6.84. The average molecular weight is 261 g/mol. The van der Waals surface area contributed by atoms with Gasteiger partial charge in [-0.3, -0.25) is 0 Å². The van der Waals surface area contributed by atoms with Gasteiger partial charge in [-0.25, -0.2) is 4.79 Å². The number of carbonyl (C=O) groups is 1. The lowest BCUT2D eigenvalue weighted by atomic mass is 10.0. The first-order chi connectivity index (χ1) is 9.20. The molecule has 4 nitrogen and oxygen atoms in total. The van der Waals surface area contributed by atoms with Crippen LogP contribution in [-0.2, 0) is 0 Å². The molecule has 104 valence electrons. The fraction of sp³-hybridized carbons (Fsp3) is 0.533. The normalized spacial score (nSPS) is 20.9. The van der Waals surface area contributed by atoms with Crippen molar-refractivity contribution in [3.63, 3.8) is 0 Å². The number of likely N-dealkylation sites (tertiary alicyclic amines) is 1. The molecule has 1 heterocycles. The molecule has 0 aliphatic carbocycles. The Morgan fingerprint density at radius 2 is 2.21 bits per heavy atom. The summed E-state index contributed by atoms with van der Waals surface area (Å²) >= 11 is 0. The maximum Gasteiger partial charge on any atom is 0.317 e. The van der Waals surface area contributed by atoms with Crippen LogP contribution in [0.1, 0.15) is 31.4 Å². The molecule has 0 radical (unpaired) electrons. The van der Waals surface area contributed by atoms with E-state index in [-0.39, 0.29) is 12.1 Å². The fourth-order valence-corrected chi connectivity index (χ4v) is 2.58. The molecule has 2 amide bonds. The maximum atomic E-state index is 12.2. The molecule has 1 aromatic rings. The van der Waals surface area contributed by atoms with Gasteiger partial charge in [0.1, 0.15) is 0 Å². The summed E-state index contributed by atoms with van der Waals surface area (Å²) in [7, 11) is 0. The first-order valence-corrected chi connectivity index (χ1v) is 7.01. The smallest absolute Gasteiger partial charge is 0.317 e. The zero-order valence-electron chi connectivity index (χ0n) is 11.5. The highest BCUT2D eigenvalue weighted by atomic mass is 16.2. The Bertz CT molecular complexity index is 407. The van der Waals surface area contributed by atoms with Crippen molar-refractivity contribution in [3.8, 4) is 0 Å². The van der Waals surface area contributed by atoms with E-state index in [9.17, 15) is 4.79 Å². The Morgan fingerprint density at radius 3 is 2.84 bits per heavy atom. The summed E-state index contributed by atoms with van der Waals surface area (Å²) in [6.07, 6.45) is 2.30. The van der Waals surface area contributed by atoms with Gasteiger partial charge in [0.25, 0.3) is 0 Å². The number of benzene rings is 1. The summed E-state index contributed by atoms with van der Waals surface area (Å²) in [5.74, 6) is 0.590. The number of hydrogen-bond acceptors (Lipinski definition) is 2. The van der Waals surface area contributed by atoms with Gasteiger partial charge < -0.3 is 16.0 Å². The summed E-state index contributed by atoms with van der Waals surface area (Å²) in [6, 6.07) is 9.79. The molecule has 3 N–H and O–H groups in total. The van der Waals surface area contributed by atoms with Gasteiger partial charge in [0.2, 0.25) is 0 Å². The largest absolute Gasteiger partial charge is 0.330 e. The zero-order chi connectivity index (χ0) is 13.7. The van der Waals surface area contributed by atoms with E-state index in [2.05, 4.69) is 12.2 Å². The van der Waals surface area contributed by atoms with Crippen molar-refractivity contribution in [1.29, 1.82) is 0 Å². The van der Waals surface area contributed by atoms with Crippen LogP contribution in [0, 0.1) is 5.92 Å². The number of amides is 2. The van der Waals surface area contributed by atoms with Gasteiger partial charge in [-0.15, -0.1) is 0 Å². The average Bonchev–Trinajstić information content (AvgIpc) is 2.45. The molecule has 2 atom stereocenters. The number of nitrogens with one attached hydrogen (secondary N) is 1. The van der Waals surface area contributed by atoms with Gasteiger partial charge in [-0.2, -0.15) is 0 Å². The highest BCUT2D eigenvalue weighted by Gasteiger charge is 2.22. The summed E-state index contributed by atoms with van der Waals surface area (Å²) in [5, 5.41) is 3.04. The topological polar surface area (TPSA) is 58.4 Å². The van der Waals surface area contributed by atoms with E-state index in [1.54, 1.807) is 0 Å². The molecule has 0 bridgehead atoms. The molecule has 1 aromatic carbocycles. The Morgan fingerprint density at radius 1 is 1.47 bits per heavy atom. The van der Waals surface area contributed by atoms with Crippen molar-refractivity contribution in [2.24, 2.45) is 11.7 Å². The second kappa shape index (κ2) is 6.57. The van der Waals surface area contributed by atoms with Gasteiger partial charge in [0, 0.05) is 19.6 Å². The number of rotatable bonds is 3. The minimum atomic E-state index is -0.106. The predicted octanol–water partition coefficient (Wildman–Crippen LogP) is 2.13. The molecule has 2 unspecified atom stereocenters. The van der Waals surface area contributed by atoms with Crippen LogP contribution in [0.2, 0.25) is 0 Å². The third-order valence-corrected chi connectivity index (χ3v) is 3.68. The summed E-state index contributed by atoms with van der Waals surface area (Å²) in [6.45, 7) is 4.30. The van der Waals surface area contributed by atoms with E-state index in [1.807, 2.05) is 35.2 Å². The summed E-state index contributed by atoms with van der Waals surface area (Å²) in [4.78, 5) is 14.1. The van der Waals surface area contributed by atoms with Crippen molar-refractivity contribution in [1.82, 2.24) is 10.2 Å². The van der Waals surface area contributed by atoms with Crippen LogP contribution in [0.4, 0.5) is 4.79 Å². The number of nitrogens with two attached hydrogens (primary N) is 1. The van der Waals surface area contributed by atoms with Gasteiger partial charge in [-0.05, 0) is 24.3 Å². The van der Waals surface area contributed by atoms with Crippen LogP contribution < -0.4 is 11.1 Å². The van der Waals surface area contributed by atoms with E-state index in [1.165, 1.54) is 6.42 Å². The van der Waals surface area contributed by atoms with Crippen LogP contribution >= 0.6 is 0 Å². The maximum absolute atomic E-state index is 12.2. The van der Waals surface area contributed by atoms with Crippen LogP contribution in [0.15, 0.2) is 30.3 Å². The van der Waals surface area contributed by atoms with Gasteiger partial charge in [0.15, 0.2) is 0 Å². The monoisotopic (exact) mass is 261 g/mol. The number of hydrogen-bond donors (Lipinski definition) is 2. The highest BCUT2D eigenvalue weighted by Crippen LogP contribution is 2.17. The van der Waals surface area contributed by atoms with E-state index in [4.69, 9.17) is 5.73 Å². The molecule has 0 spiro atoms. The molecular weight excluding hydrogens is 238 g/mol. The Hall–Kier alpha value is -1.55. The molecule has 0 saturated carbocycles. The van der Waals surface area contributed by atoms with Crippen LogP contribution in [-0.4, -0.2) is 30.6 Å². The quantitative estimate of drug-likeness (QED) is 0.875. The van der Waals surface area contributed by atoms with Gasteiger partial charge in [0.05, 0.1) is 6.04 Å². The Balaban J connectivity index is 1.96. The first kappa shape index (κ1) is 13.9. The van der Waals surface area contributed by atoms with Gasteiger partial charge >= 0.3 is 6.03 Å². The third-order valence-electron chi connectivity index (χ3n) is 3.68. The molecule has 1 saturated heterocycles. The molecule has 4 heteroatoms. The molecule has 19 heavy (non-hydrogen) atoms. The predicted molar refractivity (Wildman–Crippen MR) is 76.7 cm³/mol. The number of nitrogens with zero attached hydrogens (tertiary/aromatic N) is 1. The van der Waals surface area contributed by atoms with Crippen LogP contribution in [0.5, 0.6) is 0 Å². The Kier molecular flexibility index (Phi) is 4.80. The molecule has 0 aromatic heterocycles. The SMILES string of the molecule is CC1CCCN(C(=O)NC(CN)c2ccccc2)C1. The number of carbonyl (C=O) groups excluding carboxylic acids is 1. The van der Waals surface area contributed by atoms with Crippen molar-refractivity contribution in [3.05, 3.63) is 35.9 Å². The number of piperidine rings is 1. The molecule has 1 fully saturated rings. The second-order valence-corrected chi connectivity index (χ2v) is 5.34. The van der Waals surface area contributed by atoms with Crippen LogP contribution in [0.3, 0.4) is 0 Å². The van der Waals surface area contributed by atoms with Crippen molar-refractivity contribution in [2.75, 3.05) is 19.6 Å². The van der Waals surface area contributed by atoms with Crippen molar-refractivity contribution in [2.45, 2.75) is 25.8 Å². The molecule has 1 aliphatic heterocycles. The Labute approximate surface area is 115 Å². The summed E-state index contributed by atoms with van der Waals surface area (Å²) < 4.78 is 0. The standard InChI is InChI=1S/C15H23N3O/c1-12-6-5-9-18(11-12)15(19)17-14(10-16)13-7-3-2-4-8-13/h2-4,7-8,12,14H,5-6,9-11,16H2,1H3,(H,17,19). The van der Waals surface area contributed by atoms with Crippen molar-refractivity contribution >= 4 is 6.03 Å². The number of urea groups is 1. The lowest BCUT2D eigenvalue weighted by Gasteiger charge is -2.32. The highest BCUT2D eigenvalue weighted by molar-refractivity contribution is 5.74. The van der Waals surface area contributed by atoms with E-state index in [0.29, 0.717) is 12.5 Å². The molecular formula is C15H23N3O. The van der Waals surface area contributed by atoms with E-state index >= 15 is 0 Å². The molecule has 1 aliphatic rings. The minimum Gasteiger partial charge on any atom is -0.330 e. The minimum absolute atomic E-state index is 0.00542. The second-order valence-electron chi connectivity index (χ2n) is 5.34. The lowest BCUT2D eigenvalue weighted by molar-refractivity contribution is 0.166. The third kappa shape index (κ3) is 3.70. The first-order valence-electron chi connectivity index (χ1n) is 7.01. The zero-order valence-corrected chi connectivity index (χ0v) is 11.5.